The number of hydrogen-bond donors (Lipinski definition) is 0. The second-order valence-electron chi connectivity index (χ2n) is 9.02. The molecule has 7 nitrogen and oxygen atoms in total. The van der Waals surface area contributed by atoms with E-state index >= 15 is 0 Å². The van der Waals surface area contributed by atoms with E-state index in [2.05, 4.69) is 6.92 Å². The maximum absolute atomic E-state index is 13.7. The molecule has 0 aliphatic carbocycles. The number of benzene rings is 3. The second kappa shape index (κ2) is 10.4. The molecule has 36 heavy (non-hydrogen) atoms. The molecule has 2 fully saturated rings. The van der Waals surface area contributed by atoms with Gasteiger partial charge in [-0.3, -0.25) is 19.3 Å². The lowest BCUT2D eigenvalue weighted by Gasteiger charge is -2.29. The number of imide groups is 1. The van der Waals surface area contributed by atoms with Gasteiger partial charge in [-0.1, -0.05) is 67.9 Å². The molecule has 2 aliphatic heterocycles. The molecular weight excluding hydrogens is 456 g/mol. The average Bonchev–Trinajstić information content (AvgIpc) is 3.42. The van der Waals surface area contributed by atoms with Crippen molar-refractivity contribution in [2.24, 2.45) is 5.92 Å². The van der Waals surface area contributed by atoms with Crippen molar-refractivity contribution in [1.82, 2.24) is 4.90 Å². The van der Waals surface area contributed by atoms with Crippen LogP contribution in [0.1, 0.15) is 36.9 Å². The molecule has 186 valence electrons. The molecule has 7 heteroatoms. The van der Waals surface area contributed by atoms with E-state index in [0.717, 1.165) is 29.7 Å². The number of hydrogen-bond acceptors (Lipinski definition) is 6. The van der Waals surface area contributed by atoms with Crippen LogP contribution in [0.2, 0.25) is 0 Å². The van der Waals surface area contributed by atoms with Crippen molar-refractivity contribution >= 4 is 17.5 Å². The van der Waals surface area contributed by atoms with Gasteiger partial charge in [0, 0.05) is 0 Å². The normalized spacial score (nSPS) is 21.1. The van der Waals surface area contributed by atoms with Gasteiger partial charge in [-0.05, 0) is 41.8 Å². The van der Waals surface area contributed by atoms with Gasteiger partial charge in [-0.25, -0.2) is 5.06 Å². The Hall–Kier alpha value is -3.84. The molecule has 0 saturated carbocycles. The van der Waals surface area contributed by atoms with Gasteiger partial charge in [-0.2, -0.15) is 0 Å². The van der Waals surface area contributed by atoms with E-state index in [1.807, 2.05) is 78.9 Å². The van der Waals surface area contributed by atoms with Crippen LogP contribution in [-0.4, -0.2) is 36.5 Å². The summed E-state index contributed by atoms with van der Waals surface area (Å²) in [5.41, 5.74) is 2.48. The third-order valence-electron chi connectivity index (χ3n) is 6.69. The number of carbonyl (C=O) groups is 2. The van der Waals surface area contributed by atoms with Gasteiger partial charge in [-0.15, -0.1) is 0 Å². The summed E-state index contributed by atoms with van der Waals surface area (Å²) in [7, 11) is 1.60. The number of para-hydroxylation sites is 1. The molecule has 0 aromatic heterocycles. The summed E-state index contributed by atoms with van der Waals surface area (Å²) in [4.78, 5) is 34.6. The number of likely N-dealkylation sites (tertiary alicyclic amines) is 1. The first-order chi connectivity index (χ1) is 17.6. The Labute approximate surface area is 211 Å². The summed E-state index contributed by atoms with van der Waals surface area (Å²) >= 11 is 0. The molecule has 2 aliphatic rings. The number of rotatable bonds is 9. The van der Waals surface area contributed by atoms with Crippen LogP contribution in [0.5, 0.6) is 11.5 Å². The molecule has 5 rings (SSSR count). The first-order valence-corrected chi connectivity index (χ1v) is 12.3. The van der Waals surface area contributed by atoms with Crippen LogP contribution in [-0.2, 0) is 21.0 Å². The molecule has 2 heterocycles. The molecule has 0 N–H and O–H groups in total. The Balaban J connectivity index is 1.50. The Morgan fingerprint density at radius 2 is 1.61 bits per heavy atom. The predicted molar refractivity (Wildman–Crippen MR) is 135 cm³/mol. The number of ether oxygens (including phenoxy) is 2. The summed E-state index contributed by atoms with van der Waals surface area (Å²) in [6.45, 7) is 2.93. The van der Waals surface area contributed by atoms with Crippen molar-refractivity contribution in [2.45, 2.75) is 38.5 Å². The maximum atomic E-state index is 13.7. The Bertz CT molecular complexity index is 1220. The van der Waals surface area contributed by atoms with E-state index in [-0.39, 0.29) is 18.4 Å². The topological polar surface area (TPSA) is 68.3 Å². The third kappa shape index (κ3) is 4.42. The van der Waals surface area contributed by atoms with Crippen LogP contribution in [0.15, 0.2) is 78.9 Å². The molecule has 2 amide bonds. The van der Waals surface area contributed by atoms with Gasteiger partial charge in [0.25, 0.3) is 5.91 Å². The van der Waals surface area contributed by atoms with Crippen LogP contribution in [0.25, 0.3) is 0 Å². The number of unbranched alkanes of at least 4 members (excludes halogenated alkanes) is 1. The molecule has 3 aromatic carbocycles. The Morgan fingerprint density at radius 1 is 0.889 bits per heavy atom. The zero-order valence-corrected chi connectivity index (χ0v) is 20.5. The van der Waals surface area contributed by atoms with E-state index in [9.17, 15) is 9.59 Å². The van der Waals surface area contributed by atoms with E-state index in [1.165, 1.54) is 4.90 Å². The van der Waals surface area contributed by atoms with Crippen LogP contribution < -0.4 is 14.5 Å². The second-order valence-corrected chi connectivity index (χ2v) is 9.02. The zero-order valence-electron chi connectivity index (χ0n) is 20.5. The molecular formula is C29H30N2O5. The lowest BCUT2D eigenvalue weighted by atomic mass is 9.90. The Morgan fingerprint density at radius 3 is 2.31 bits per heavy atom. The highest BCUT2D eigenvalue weighted by Gasteiger charge is 2.59. The molecule has 0 spiro atoms. The highest BCUT2D eigenvalue weighted by Crippen LogP contribution is 2.48. The number of methoxy groups -OCH3 is 1. The lowest BCUT2D eigenvalue weighted by molar-refractivity contribution is -0.143. The first kappa shape index (κ1) is 23.9. The number of nitrogens with zero attached hydrogens (tertiary/aromatic N) is 2. The Kier molecular flexibility index (Phi) is 6.91. The molecule has 0 unspecified atom stereocenters. The van der Waals surface area contributed by atoms with Gasteiger partial charge in [0.2, 0.25) is 5.91 Å². The smallest absolute Gasteiger partial charge is 0.262 e. The van der Waals surface area contributed by atoms with Gasteiger partial charge < -0.3 is 9.47 Å². The first-order valence-electron chi connectivity index (χ1n) is 12.3. The van der Waals surface area contributed by atoms with E-state index < -0.39 is 18.1 Å². The fourth-order valence-corrected chi connectivity index (χ4v) is 4.85. The summed E-state index contributed by atoms with van der Waals surface area (Å²) in [6.07, 6.45) is 1.09. The molecule has 3 atom stereocenters. The van der Waals surface area contributed by atoms with Crippen molar-refractivity contribution in [3.8, 4) is 11.5 Å². The zero-order chi connectivity index (χ0) is 25.1. The summed E-state index contributed by atoms with van der Waals surface area (Å²) in [5, 5.41) is 1.69. The maximum Gasteiger partial charge on any atom is 0.262 e. The van der Waals surface area contributed by atoms with E-state index in [0.29, 0.717) is 18.1 Å². The largest absolute Gasteiger partial charge is 0.493 e. The van der Waals surface area contributed by atoms with Crippen molar-refractivity contribution in [2.75, 3.05) is 18.8 Å². The minimum atomic E-state index is -0.891. The summed E-state index contributed by atoms with van der Waals surface area (Å²) in [6, 6.07) is 24.2. The lowest BCUT2D eigenvalue weighted by Crippen LogP contribution is -2.36. The highest BCUT2D eigenvalue weighted by molar-refractivity contribution is 6.07. The molecule has 0 radical (unpaired) electrons. The SMILES string of the molecule is CCCCOc1ccc([C@@H]2[C@H]3C(=O)N(Cc4ccccc4)C(=O)[C@H]3ON2c2ccccc2)cc1OC. The van der Waals surface area contributed by atoms with Crippen molar-refractivity contribution in [3.05, 3.63) is 90.0 Å². The van der Waals surface area contributed by atoms with Crippen LogP contribution in [0.4, 0.5) is 5.69 Å². The number of anilines is 1. The van der Waals surface area contributed by atoms with Gasteiger partial charge in [0.1, 0.15) is 5.92 Å². The van der Waals surface area contributed by atoms with Crippen molar-refractivity contribution in [1.29, 1.82) is 0 Å². The minimum absolute atomic E-state index is 0.223. The molecule has 3 aromatic rings. The number of hydroxylamine groups is 1. The van der Waals surface area contributed by atoms with Gasteiger partial charge >= 0.3 is 0 Å². The quantitative estimate of drug-likeness (QED) is 0.316. The van der Waals surface area contributed by atoms with Crippen molar-refractivity contribution < 1.29 is 23.9 Å². The minimum Gasteiger partial charge on any atom is -0.493 e. The van der Waals surface area contributed by atoms with Crippen LogP contribution in [0, 0.1) is 5.92 Å². The standard InChI is InChI=1S/C29H30N2O5/c1-3-4-17-35-23-16-15-21(18-24(23)34-2)26-25-27(36-31(26)22-13-9-6-10-14-22)29(33)30(28(25)32)19-20-11-7-5-8-12-20/h5-16,18,25-27H,3-4,17,19H2,1-2H3/t25-,26-,27+/m1/s1. The van der Waals surface area contributed by atoms with Crippen LogP contribution >= 0.6 is 0 Å². The van der Waals surface area contributed by atoms with Gasteiger partial charge in [0.05, 0.1) is 32.0 Å². The average molecular weight is 487 g/mol. The van der Waals surface area contributed by atoms with E-state index in [1.54, 1.807) is 12.2 Å². The molecule has 0 bridgehead atoms. The van der Waals surface area contributed by atoms with Crippen LogP contribution in [0.3, 0.4) is 0 Å². The highest BCUT2D eigenvalue weighted by atomic mass is 16.7. The van der Waals surface area contributed by atoms with Crippen molar-refractivity contribution in [3.63, 3.8) is 0 Å². The summed E-state index contributed by atoms with van der Waals surface area (Å²) < 4.78 is 11.5. The summed E-state index contributed by atoms with van der Waals surface area (Å²) in [5.74, 6) is -0.00444. The predicted octanol–water partition coefficient (Wildman–Crippen LogP) is 4.92. The number of amides is 2. The van der Waals surface area contributed by atoms with E-state index in [4.69, 9.17) is 14.3 Å². The third-order valence-corrected chi connectivity index (χ3v) is 6.69. The fourth-order valence-electron chi connectivity index (χ4n) is 4.85. The number of fused-ring (bicyclic) bond motifs is 1. The molecule has 2 saturated heterocycles. The fraction of sp³-hybridized carbons (Fsp3) is 0.310. The monoisotopic (exact) mass is 486 g/mol. The van der Waals surface area contributed by atoms with Gasteiger partial charge in [0.15, 0.2) is 17.6 Å². The number of carbonyl (C=O) groups excluding carboxylic acids is 2.